The Morgan fingerprint density at radius 3 is 2.22 bits per heavy atom. The van der Waals surface area contributed by atoms with Crippen molar-refractivity contribution < 1.29 is 28.6 Å². The zero-order valence-electron chi connectivity index (χ0n) is 19.3. The van der Waals surface area contributed by atoms with Crippen molar-refractivity contribution in [3.63, 3.8) is 0 Å². The number of carbonyl (C=O) groups is 3. The number of benzene rings is 1. The molecule has 32 heavy (non-hydrogen) atoms. The fourth-order valence-corrected chi connectivity index (χ4v) is 2.88. The monoisotopic (exact) mass is 448 g/mol. The number of fused-ring (bicyclic) bond motifs is 1. The number of alkyl carbamates (subject to hydrolysis) is 1. The highest BCUT2D eigenvalue weighted by molar-refractivity contribution is 5.92. The lowest BCUT2D eigenvalue weighted by atomic mass is 10.0. The summed E-state index contributed by atoms with van der Waals surface area (Å²) in [5.74, 6) is -0.280. The highest BCUT2D eigenvalue weighted by atomic mass is 16.7. The number of nitrogens with two attached hydrogens (primary N) is 2. The number of aromatic nitrogens is 1. The molecule has 6 N–H and O–H groups in total. The van der Waals surface area contributed by atoms with Crippen LogP contribution >= 0.6 is 0 Å². The third-order valence-corrected chi connectivity index (χ3v) is 4.12. The minimum atomic E-state index is -1.27. The molecule has 2 aromatic rings. The lowest BCUT2D eigenvalue weighted by Gasteiger charge is -2.23. The second-order valence-electron chi connectivity index (χ2n) is 9.42. The molecule has 10 nitrogen and oxygen atoms in total. The molecule has 1 aromatic heterocycles. The molecule has 176 valence electrons. The van der Waals surface area contributed by atoms with Crippen LogP contribution in [-0.2, 0) is 20.7 Å². The molecule has 0 fully saturated rings. The van der Waals surface area contributed by atoms with Gasteiger partial charge in [0, 0.05) is 23.5 Å². The van der Waals surface area contributed by atoms with Gasteiger partial charge in [-0.2, -0.15) is 0 Å². The number of hydrogen-bond donors (Lipinski definition) is 4. The second-order valence-corrected chi connectivity index (χ2v) is 9.42. The van der Waals surface area contributed by atoms with Gasteiger partial charge in [-0.3, -0.25) is 4.79 Å². The quantitative estimate of drug-likeness (QED) is 0.298. The van der Waals surface area contributed by atoms with E-state index < -0.39 is 41.4 Å². The molecule has 0 aliphatic rings. The third-order valence-electron chi connectivity index (χ3n) is 4.12. The molecule has 0 bridgehead atoms. The molecular formula is C22H32N4O6. The van der Waals surface area contributed by atoms with Crippen molar-refractivity contribution in [3.8, 4) is 5.75 Å². The molecule has 1 aromatic carbocycles. The Labute approximate surface area is 186 Å². The summed E-state index contributed by atoms with van der Waals surface area (Å²) >= 11 is 0. The van der Waals surface area contributed by atoms with E-state index in [1.54, 1.807) is 65.9 Å². The second kappa shape index (κ2) is 9.58. The van der Waals surface area contributed by atoms with E-state index in [1.807, 2.05) is 0 Å². The summed E-state index contributed by atoms with van der Waals surface area (Å²) in [5, 5.41) is 3.24. The van der Waals surface area contributed by atoms with Crippen molar-refractivity contribution in [3.05, 3.63) is 30.0 Å². The van der Waals surface area contributed by atoms with Gasteiger partial charge >= 0.3 is 12.2 Å². The number of H-pyrrole nitrogens is 1. The zero-order valence-corrected chi connectivity index (χ0v) is 19.3. The van der Waals surface area contributed by atoms with Gasteiger partial charge < -0.3 is 36.0 Å². The average molecular weight is 449 g/mol. The van der Waals surface area contributed by atoms with Crippen LogP contribution in [-0.4, -0.2) is 46.4 Å². The largest absolute Gasteiger partial charge is 0.514 e. The number of amides is 1. The van der Waals surface area contributed by atoms with E-state index in [2.05, 4.69) is 10.3 Å². The number of aromatic amines is 1. The molecule has 0 saturated carbocycles. The average Bonchev–Trinajstić information content (AvgIpc) is 2.99. The molecule has 10 heteroatoms. The van der Waals surface area contributed by atoms with Gasteiger partial charge in [0.05, 0.1) is 6.04 Å². The molecule has 0 aliphatic heterocycles. The van der Waals surface area contributed by atoms with E-state index in [0.717, 1.165) is 5.52 Å². The van der Waals surface area contributed by atoms with E-state index in [0.29, 0.717) is 10.9 Å². The van der Waals surface area contributed by atoms with Crippen molar-refractivity contribution >= 4 is 28.9 Å². The van der Waals surface area contributed by atoms with Gasteiger partial charge in [-0.15, -0.1) is 0 Å². The molecule has 1 amide bonds. The van der Waals surface area contributed by atoms with Crippen molar-refractivity contribution in [2.45, 2.75) is 71.4 Å². The minimum absolute atomic E-state index is 0.0961. The first-order valence-electron chi connectivity index (χ1n) is 10.2. The maximum atomic E-state index is 12.5. The highest BCUT2D eigenvalue weighted by Crippen LogP contribution is 2.26. The van der Waals surface area contributed by atoms with Gasteiger partial charge in [0.1, 0.15) is 23.1 Å². The molecule has 1 heterocycles. The Hall–Kier alpha value is -3.11. The predicted octanol–water partition coefficient (Wildman–Crippen LogP) is 2.73. The van der Waals surface area contributed by atoms with Crippen molar-refractivity contribution in [2.24, 2.45) is 11.5 Å². The number of ketones is 1. The maximum absolute atomic E-state index is 12.5. The van der Waals surface area contributed by atoms with Crippen molar-refractivity contribution in [1.29, 1.82) is 0 Å². The van der Waals surface area contributed by atoms with Crippen molar-refractivity contribution in [1.82, 2.24) is 10.3 Å². The first-order chi connectivity index (χ1) is 14.6. The first-order valence-corrected chi connectivity index (χ1v) is 10.2. The summed E-state index contributed by atoms with van der Waals surface area (Å²) in [5.41, 5.74) is 11.1. The normalized spacial score (nSPS) is 13.0. The topological polar surface area (TPSA) is 159 Å². The van der Waals surface area contributed by atoms with Crippen molar-refractivity contribution in [2.75, 3.05) is 0 Å². The van der Waals surface area contributed by atoms with E-state index in [4.69, 9.17) is 25.7 Å². The van der Waals surface area contributed by atoms with Crippen LogP contribution in [0.2, 0.25) is 0 Å². The summed E-state index contributed by atoms with van der Waals surface area (Å²) in [6.07, 6.45) is -1.07. The highest BCUT2D eigenvalue weighted by Gasteiger charge is 2.28. The summed E-state index contributed by atoms with van der Waals surface area (Å²) in [4.78, 5) is 39.8. The Balaban J connectivity index is 2.26. The number of ether oxygens (including phenoxy) is 3. The van der Waals surface area contributed by atoms with Crippen LogP contribution in [0.4, 0.5) is 9.59 Å². The zero-order chi connectivity index (χ0) is 24.3. The predicted molar refractivity (Wildman–Crippen MR) is 119 cm³/mol. The van der Waals surface area contributed by atoms with Gasteiger partial charge in [-0.1, -0.05) is 0 Å². The Bertz CT molecular complexity index is 984. The molecule has 0 unspecified atom stereocenters. The van der Waals surface area contributed by atoms with Gasteiger partial charge in [0.2, 0.25) is 0 Å². The van der Waals surface area contributed by atoms with Gasteiger partial charge in [0.25, 0.3) is 0 Å². The lowest BCUT2D eigenvalue weighted by molar-refractivity contribution is -0.122. The summed E-state index contributed by atoms with van der Waals surface area (Å²) < 4.78 is 15.7. The van der Waals surface area contributed by atoms with Crippen LogP contribution in [0.25, 0.3) is 10.9 Å². The number of Topliss-reactive ketones (excluding diaryl/α,β-unsaturated/α-hetero) is 1. The fraction of sp³-hybridized carbons (Fsp3) is 0.500. The lowest BCUT2D eigenvalue weighted by Crippen LogP contribution is -2.53. The molecule has 0 aliphatic carbocycles. The van der Waals surface area contributed by atoms with Crippen LogP contribution in [0, 0.1) is 0 Å². The number of hydrogen-bond acceptors (Lipinski definition) is 8. The molecular weight excluding hydrogens is 416 g/mol. The van der Waals surface area contributed by atoms with E-state index >= 15 is 0 Å². The summed E-state index contributed by atoms with van der Waals surface area (Å²) in [6, 6.07) is 3.97. The van der Waals surface area contributed by atoms with Crippen LogP contribution in [0.1, 0.15) is 47.1 Å². The number of nitrogens with one attached hydrogen (secondary N) is 2. The third kappa shape index (κ3) is 7.54. The van der Waals surface area contributed by atoms with E-state index in [-0.39, 0.29) is 12.2 Å². The molecule has 1 atom stereocenters. The molecule has 2 rings (SSSR count). The summed E-state index contributed by atoms with van der Waals surface area (Å²) in [6.45, 7) is 10.3. The maximum Gasteiger partial charge on any atom is 0.514 e. The van der Waals surface area contributed by atoms with Crippen LogP contribution in [0.15, 0.2) is 24.4 Å². The molecule has 0 spiro atoms. The molecule has 0 radical (unpaired) electrons. The first kappa shape index (κ1) is 25.2. The fourth-order valence-electron chi connectivity index (χ4n) is 2.88. The Morgan fingerprint density at radius 2 is 1.66 bits per heavy atom. The molecule has 0 saturated heterocycles. The Morgan fingerprint density at radius 1 is 1.03 bits per heavy atom. The minimum Gasteiger partial charge on any atom is -0.444 e. The SMILES string of the molecule is CC(C)(C)OC(=O)N[C@@H](Cc1c[nH]c2ccc(OC(=O)OC(C)(C)C)cc12)C(=O)C(N)N. The summed E-state index contributed by atoms with van der Waals surface area (Å²) in [7, 11) is 0. The van der Waals surface area contributed by atoms with Crippen LogP contribution in [0.3, 0.4) is 0 Å². The van der Waals surface area contributed by atoms with E-state index in [9.17, 15) is 14.4 Å². The smallest absolute Gasteiger partial charge is 0.444 e. The van der Waals surface area contributed by atoms with Gasteiger partial charge in [0.15, 0.2) is 5.78 Å². The van der Waals surface area contributed by atoms with Crippen LogP contribution in [0.5, 0.6) is 5.75 Å². The van der Waals surface area contributed by atoms with E-state index in [1.165, 1.54) is 0 Å². The number of carbonyl (C=O) groups excluding carboxylic acids is 3. The standard InChI is InChI=1S/C22H32N4O6/c1-21(2,3)31-19(28)26-16(17(27)18(23)24)9-12-11-25-15-8-7-13(10-14(12)15)30-20(29)32-22(4,5)6/h7-8,10-11,16,18,25H,9,23-24H2,1-6H3,(H,26,28)/t16-/m0/s1. The van der Waals surface area contributed by atoms with Gasteiger partial charge in [-0.05, 0) is 65.3 Å². The van der Waals surface area contributed by atoms with Crippen LogP contribution < -0.4 is 21.5 Å². The Kier molecular flexibility index (Phi) is 7.53. The number of rotatable bonds is 6. The van der Waals surface area contributed by atoms with Gasteiger partial charge in [-0.25, -0.2) is 9.59 Å².